The van der Waals surface area contributed by atoms with E-state index < -0.39 is 50.1 Å². The third-order valence-electron chi connectivity index (χ3n) is 2.17. The van der Waals surface area contributed by atoms with E-state index in [0.29, 0.717) is 0 Å². The summed E-state index contributed by atoms with van der Waals surface area (Å²) in [5, 5.41) is 34.5. The maximum Gasteiger partial charge on any atom is 1.00 e. The Morgan fingerprint density at radius 3 is 0.875 bits per heavy atom. The Balaban J connectivity index is -0.000000120. The van der Waals surface area contributed by atoms with Crippen LogP contribution in [-0.4, -0.2) is 104 Å². The standard InChI is InChI=1S/C10H16N2O8.2K.2H2O.2H/c13-7(14)3-11(4-8(15)16)1-2-12(5-9(17)18)6-10(19)20;;;;;;/h1-6H2,(H,13,14)(H,15,16)(H,17,18)(H,19,20);;;2*1H2;;/q;2*+1;;;2*-1. The van der Waals surface area contributed by atoms with Crippen LogP contribution in [0.5, 0.6) is 0 Å². The van der Waals surface area contributed by atoms with Crippen molar-refractivity contribution in [3.05, 3.63) is 0 Å². The van der Waals surface area contributed by atoms with Gasteiger partial charge in [-0.05, 0) is 0 Å². The number of carboxylic acids is 4. The van der Waals surface area contributed by atoms with Crippen molar-refractivity contribution in [2.45, 2.75) is 0 Å². The molecule has 0 aromatic carbocycles. The normalized spacial score (nSPS) is 8.92. The smallest absolute Gasteiger partial charge is 1.00 e. The molecule has 0 spiro atoms. The summed E-state index contributed by atoms with van der Waals surface area (Å²) in [7, 11) is 0. The van der Waals surface area contributed by atoms with E-state index in [1.165, 1.54) is 0 Å². The van der Waals surface area contributed by atoms with E-state index in [1.807, 2.05) is 0 Å². The van der Waals surface area contributed by atoms with E-state index in [9.17, 15) is 19.2 Å². The molecule has 134 valence electrons. The zero-order chi connectivity index (χ0) is 15.7. The first-order valence-corrected chi connectivity index (χ1v) is 5.52. The van der Waals surface area contributed by atoms with Gasteiger partial charge in [0, 0.05) is 13.1 Å². The fraction of sp³-hybridized carbons (Fsp3) is 0.600. The van der Waals surface area contributed by atoms with E-state index in [2.05, 4.69) is 0 Å². The molecule has 0 bridgehead atoms. The first-order chi connectivity index (χ1) is 9.20. The topological polar surface area (TPSA) is 219 Å². The molecule has 8 N–H and O–H groups in total. The number of carboxylic acid groups (broad SMARTS) is 4. The summed E-state index contributed by atoms with van der Waals surface area (Å²) < 4.78 is 0. The Kier molecular flexibility index (Phi) is 30.5. The van der Waals surface area contributed by atoms with Gasteiger partial charge in [-0.25, -0.2) is 0 Å². The molecule has 0 unspecified atom stereocenters. The minimum atomic E-state index is -1.23. The molecule has 0 aliphatic heterocycles. The second kappa shape index (κ2) is 20.3. The fourth-order valence-electron chi connectivity index (χ4n) is 1.48. The van der Waals surface area contributed by atoms with Gasteiger partial charge in [0.05, 0.1) is 26.2 Å². The molecule has 0 aromatic rings. The molecule has 0 saturated heterocycles. The molecule has 0 heterocycles. The molecule has 14 heteroatoms. The summed E-state index contributed by atoms with van der Waals surface area (Å²) in [6.07, 6.45) is 0. The van der Waals surface area contributed by atoms with Crippen molar-refractivity contribution in [3.63, 3.8) is 0 Å². The van der Waals surface area contributed by atoms with Crippen LogP contribution in [0.2, 0.25) is 0 Å². The molecule has 0 aliphatic rings. The van der Waals surface area contributed by atoms with Crippen molar-refractivity contribution in [1.29, 1.82) is 0 Å². The van der Waals surface area contributed by atoms with Gasteiger partial charge in [0.2, 0.25) is 0 Å². The Bertz CT molecular complexity index is 338. The first-order valence-electron chi connectivity index (χ1n) is 5.52. The minimum absolute atomic E-state index is 0. The van der Waals surface area contributed by atoms with E-state index in [-0.39, 0.29) is 130 Å². The largest absolute Gasteiger partial charge is 1.00 e. The third kappa shape index (κ3) is 23.0. The number of carbonyl (C=O) groups is 4. The second-order valence-corrected chi connectivity index (χ2v) is 4.00. The number of hydrogen-bond donors (Lipinski definition) is 4. The molecular weight excluding hydrogens is 386 g/mol. The summed E-state index contributed by atoms with van der Waals surface area (Å²) in [4.78, 5) is 44.4. The van der Waals surface area contributed by atoms with Gasteiger partial charge in [0.1, 0.15) is 0 Å². The number of aliphatic carboxylic acids is 4. The van der Waals surface area contributed by atoms with Crippen molar-refractivity contribution in [2.75, 3.05) is 39.3 Å². The average Bonchev–Trinajstić information content (AvgIpc) is 2.22. The maximum absolute atomic E-state index is 10.6. The average molecular weight is 408 g/mol. The molecule has 0 saturated carbocycles. The zero-order valence-electron chi connectivity index (χ0n) is 15.6. The van der Waals surface area contributed by atoms with Gasteiger partial charge in [0.25, 0.3) is 0 Å². The van der Waals surface area contributed by atoms with Crippen molar-refractivity contribution in [3.8, 4) is 0 Å². The summed E-state index contributed by atoms with van der Waals surface area (Å²) in [5.41, 5.74) is 0. The SMILES string of the molecule is O.O.O=C(O)CN(CCN(CC(=O)O)CC(=O)O)CC(=O)O.[H-].[H-].[K+].[K+]. The van der Waals surface area contributed by atoms with Crippen LogP contribution in [0.4, 0.5) is 0 Å². The fourth-order valence-corrected chi connectivity index (χ4v) is 1.48. The van der Waals surface area contributed by atoms with Crippen molar-refractivity contribution in [1.82, 2.24) is 9.80 Å². The van der Waals surface area contributed by atoms with Crippen LogP contribution >= 0.6 is 0 Å². The van der Waals surface area contributed by atoms with Gasteiger partial charge >= 0.3 is 127 Å². The molecule has 24 heavy (non-hydrogen) atoms. The molecule has 0 aliphatic carbocycles. The first kappa shape index (κ1) is 36.0. The number of hydrogen-bond acceptors (Lipinski definition) is 6. The van der Waals surface area contributed by atoms with Crippen molar-refractivity contribution >= 4 is 23.9 Å². The predicted octanol–water partition coefficient (Wildman–Crippen LogP) is -9.49. The number of nitrogens with zero attached hydrogens (tertiary/aromatic N) is 2. The molecule has 0 rings (SSSR count). The van der Waals surface area contributed by atoms with Crippen LogP contribution in [0.1, 0.15) is 2.85 Å². The Morgan fingerprint density at radius 2 is 0.750 bits per heavy atom. The molecule has 0 amide bonds. The summed E-state index contributed by atoms with van der Waals surface area (Å²) in [5.74, 6) is -4.91. The van der Waals surface area contributed by atoms with Gasteiger partial charge in [-0.1, -0.05) is 0 Å². The van der Waals surface area contributed by atoms with E-state index >= 15 is 0 Å². The third-order valence-corrected chi connectivity index (χ3v) is 2.17. The van der Waals surface area contributed by atoms with Crippen molar-refractivity contribution in [2.24, 2.45) is 0 Å². The van der Waals surface area contributed by atoms with Crippen molar-refractivity contribution < 1.29 is 156 Å². The molecule has 0 atom stereocenters. The van der Waals surface area contributed by atoms with Gasteiger partial charge < -0.3 is 34.2 Å². The number of rotatable bonds is 11. The summed E-state index contributed by atoms with van der Waals surface area (Å²) in [6.45, 7) is -2.25. The molecular formula is C10H22K2N2O10. The van der Waals surface area contributed by atoms with Gasteiger partial charge in [-0.2, -0.15) is 0 Å². The summed E-state index contributed by atoms with van der Waals surface area (Å²) in [6, 6.07) is 0. The molecule has 0 fully saturated rings. The monoisotopic (exact) mass is 408 g/mol. The minimum Gasteiger partial charge on any atom is -1.00 e. The Morgan fingerprint density at radius 1 is 0.583 bits per heavy atom. The zero-order valence-corrected chi connectivity index (χ0v) is 19.8. The molecule has 0 aromatic heterocycles. The Hall–Kier alpha value is 0.993. The summed E-state index contributed by atoms with van der Waals surface area (Å²) >= 11 is 0. The maximum atomic E-state index is 10.6. The molecule has 12 nitrogen and oxygen atoms in total. The van der Waals surface area contributed by atoms with Gasteiger partial charge in [0.15, 0.2) is 0 Å². The van der Waals surface area contributed by atoms with Crippen LogP contribution in [0.25, 0.3) is 0 Å². The second-order valence-electron chi connectivity index (χ2n) is 4.00. The van der Waals surface area contributed by atoms with Crippen LogP contribution in [-0.2, 0) is 19.2 Å². The van der Waals surface area contributed by atoms with E-state index in [4.69, 9.17) is 20.4 Å². The Labute approximate surface area is 225 Å². The van der Waals surface area contributed by atoms with Gasteiger partial charge in [-0.3, -0.25) is 29.0 Å². The predicted molar refractivity (Wildman–Crippen MR) is 72.9 cm³/mol. The van der Waals surface area contributed by atoms with Crippen LogP contribution < -0.4 is 103 Å². The molecule has 0 radical (unpaired) electrons. The van der Waals surface area contributed by atoms with Crippen LogP contribution in [0, 0.1) is 0 Å². The van der Waals surface area contributed by atoms with E-state index in [1.54, 1.807) is 0 Å². The van der Waals surface area contributed by atoms with Gasteiger partial charge in [-0.15, -0.1) is 0 Å². The van der Waals surface area contributed by atoms with Crippen LogP contribution in [0.15, 0.2) is 0 Å². The quantitative estimate of drug-likeness (QED) is 0.236. The van der Waals surface area contributed by atoms with Crippen LogP contribution in [0.3, 0.4) is 0 Å². The van der Waals surface area contributed by atoms with E-state index in [0.717, 1.165) is 9.80 Å².